The quantitative estimate of drug-likeness (QED) is 0.878. The van der Waals surface area contributed by atoms with Crippen LogP contribution in [0, 0.1) is 12.8 Å². The minimum absolute atomic E-state index is 0.250. The molecule has 0 aromatic heterocycles. The summed E-state index contributed by atoms with van der Waals surface area (Å²) in [7, 11) is -3.23. The highest BCUT2D eigenvalue weighted by Gasteiger charge is 2.24. The zero-order chi connectivity index (χ0) is 15.3. The van der Waals surface area contributed by atoms with Gasteiger partial charge in [-0.25, -0.2) is 8.42 Å². The molecule has 5 heteroatoms. The van der Waals surface area contributed by atoms with Gasteiger partial charge in [-0.1, -0.05) is 18.2 Å². The number of hydrogen-bond acceptors (Lipinski definition) is 3. The van der Waals surface area contributed by atoms with Crippen molar-refractivity contribution < 1.29 is 8.42 Å². The normalized spacial score (nSPS) is 16.9. The molecule has 0 bridgehead atoms. The fraction of sp³-hybridized carbons (Fsp3) is 0.625. The molecule has 1 fully saturated rings. The maximum Gasteiger partial charge on any atom is 0.235 e. The Morgan fingerprint density at radius 1 is 1.24 bits per heavy atom. The highest BCUT2D eigenvalue weighted by molar-refractivity contribution is 7.92. The Labute approximate surface area is 128 Å². The number of nitrogens with one attached hydrogen (secondary N) is 1. The second kappa shape index (κ2) is 7.27. The van der Waals surface area contributed by atoms with Gasteiger partial charge in [0, 0.05) is 6.54 Å². The molecule has 118 valence electrons. The van der Waals surface area contributed by atoms with E-state index in [2.05, 4.69) is 5.32 Å². The maximum absolute atomic E-state index is 12.7. The van der Waals surface area contributed by atoms with Crippen LogP contribution in [-0.4, -0.2) is 33.8 Å². The lowest BCUT2D eigenvalue weighted by molar-refractivity contribution is 0.365. The Balaban J connectivity index is 2.07. The lowest BCUT2D eigenvalue weighted by Gasteiger charge is -2.27. The lowest BCUT2D eigenvalue weighted by Crippen LogP contribution is -2.35. The van der Waals surface area contributed by atoms with Crippen LogP contribution in [0.25, 0.3) is 0 Å². The molecular formula is C16H26N2O2S. The van der Waals surface area contributed by atoms with Crippen molar-refractivity contribution in [3.05, 3.63) is 29.8 Å². The van der Waals surface area contributed by atoms with Crippen molar-refractivity contribution in [1.29, 1.82) is 0 Å². The van der Waals surface area contributed by atoms with E-state index in [0.29, 0.717) is 12.5 Å². The van der Waals surface area contributed by atoms with Gasteiger partial charge in [0.15, 0.2) is 0 Å². The number of sulfonamides is 1. The van der Waals surface area contributed by atoms with Crippen molar-refractivity contribution in [2.75, 3.05) is 29.7 Å². The molecule has 0 aliphatic carbocycles. The second-order valence-corrected chi connectivity index (χ2v) is 7.76. The van der Waals surface area contributed by atoms with Gasteiger partial charge in [0.2, 0.25) is 10.0 Å². The second-order valence-electron chi connectivity index (χ2n) is 5.75. The third-order valence-corrected chi connectivity index (χ3v) is 6.13. The van der Waals surface area contributed by atoms with Gasteiger partial charge in [-0.05, 0) is 63.7 Å². The predicted molar refractivity (Wildman–Crippen MR) is 88.2 cm³/mol. The van der Waals surface area contributed by atoms with Crippen molar-refractivity contribution in [2.45, 2.75) is 33.1 Å². The summed E-state index contributed by atoms with van der Waals surface area (Å²) in [6.45, 7) is 6.37. The molecule has 1 aliphatic heterocycles. The molecule has 1 heterocycles. The average molecular weight is 310 g/mol. The van der Waals surface area contributed by atoms with E-state index in [1.165, 1.54) is 0 Å². The van der Waals surface area contributed by atoms with Gasteiger partial charge in [-0.2, -0.15) is 0 Å². The van der Waals surface area contributed by atoms with E-state index in [1.807, 2.05) is 38.1 Å². The number of hydrogen-bond donors (Lipinski definition) is 1. The van der Waals surface area contributed by atoms with Crippen LogP contribution in [0.4, 0.5) is 5.69 Å². The van der Waals surface area contributed by atoms with Gasteiger partial charge in [0.25, 0.3) is 0 Å². The first-order valence-electron chi connectivity index (χ1n) is 7.81. The standard InChI is InChI=1S/C16H26N2O2S/c1-3-18(16-7-5-4-6-14(16)2)21(19,20)13-10-15-8-11-17-12-9-15/h4-7,15,17H,3,8-13H2,1-2H3. The molecule has 0 atom stereocenters. The van der Waals surface area contributed by atoms with Crippen LogP contribution in [0.3, 0.4) is 0 Å². The summed E-state index contributed by atoms with van der Waals surface area (Å²) in [5, 5.41) is 3.32. The van der Waals surface area contributed by atoms with E-state index >= 15 is 0 Å². The number of piperidine rings is 1. The summed E-state index contributed by atoms with van der Waals surface area (Å²) >= 11 is 0. The van der Waals surface area contributed by atoms with Crippen LogP contribution in [0.1, 0.15) is 31.7 Å². The molecule has 1 aromatic rings. The Morgan fingerprint density at radius 3 is 2.52 bits per heavy atom. The Bertz CT molecular complexity index is 551. The van der Waals surface area contributed by atoms with Gasteiger partial charge in [0.05, 0.1) is 11.4 Å². The van der Waals surface area contributed by atoms with Crippen molar-refractivity contribution in [1.82, 2.24) is 5.32 Å². The maximum atomic E-state index is 12.7. The third kappa shape index (κ3) is 4.20. The van der Waals surface area contributed by atoms with Crippen LogP contribution in [0.15, 0.2) is 24.3 Å². The first-order chi connectivity index (χ1) is 10.0. The monoisotopic (exact) mass is 310 g/mol. The zero-order valence-electron chi connectivity index (χ0n) is 13.0. The molecular weight excluding hydrogens is 284 g/mol. The summed E-state index contributed by atoms with van der Waals surface area (Å²) in [5.74, 6) is 0.788. The number of anilines is 1. The Kier molecular flexibility index (Phi) is 5.65. The largest absolute Gasteiger partial charge is 0.317 e. The van der Waals surface area contributed by atoms with Crippen LogP contribution in [0.2, 0.25) is 0 Å². The molecule has 4 nitrogen and oxygen atoms in total. The molecule has 0 unspecified atom stereocenters. The summed E-state index contributed by atoms with van der Waals surface area (Å²) in [6.07, 6.45) is 2.95. The Hall–Kier alpha value is -1.07. The smallest absolute Gasteiger partial charge is 0.235 e. The van der Waals surface area contributed by atoms with Crippen LogP contribution in [0.5, 0.6) is 0 Å². The molecule has 1 N–H and O–H groups in total. The van der Waals surface area contributed by atoms with Gasteiger partial charge in [-0.3, -0.25) is 4.31 Å². The molecule has 0 radical (unpaired) electrons. The number of nitrogens with zero attached hydrogens (tertiary/aromatic N) is 1. The average Bonchev–Trinajstić information content (AvgIpc) is 2.49. The van der Waals surface area contributed by atoms with Crippen molar-refractivity contribution >= 4 is 15.7 Å². The van der Waals surface area contributed by atoms with Crippen LogP contribution < -0.4 is 9.62 Å². The predicted octanol–water partition coefficient (Wildman–Crippen LogP) is 2.54. The molecule has 0 saturated carbocycles. The first-order valence-corrected chi connectivity index (χ1v) is 9.42. The number of para-hydroxylation sites is 1. The van der Waals surface area contributed by atoms with Crippen molar-refractivity contribution in [3.8, 4) is 0 Å². The molecule has 2 rings (SSSR count). The molecule has 21 heavy (non-hydrogen) atoms. The molecule has 1 saturated heterocycles. The SMILES string of the molecule is CCN(c1ccccc1C)S(=O)(=O)CCC1CCNCC1. The number of benzene rings is 1. The van der Waals surface area contributed by atoms with Gasteiger partial charge in [0.1, 0.15) is 0 Å². The lowest BCUT2D eigenvalue weighted by atomic mass is 9.96. The van der Waals surface area contributed by atoms with Gasteiger partial charge < -0.3 is 5.32 Å². The van der Waals surface area contributed by atoms with E-state index in [4.69, 9.17) is 0 Å². The highest BCUT2D eigenvalue weighted by atomic mass is 32.2. The highest BCUT2D eigenvalue weighted by Crippen LogP contribution is 2.24. The van der Waals surface area contributed by atoms with Crippen LogP contribution >= 0.6 is 0 Å². The zero-order valence-corrected chi connectivity index (χ0v) is 13.8. The molecule has 1 aliphatic rings. The number of aryl methyl sites for hydroxylation is 1. The van der Waals surface area contributed by atoms with E-state index in [9.17, 15) is 8.42 Å². The van der Waals surface area contributed by atoms with Gasteiger partial charge >= 0.3 is 0 Å². The van der Waals surface area contributed by atoms with E-state index in [1.54, 1.807) is 4.31 Å². The molecule has 0 amide bonds. The fourth-order valence-electron chi connectivity index (χ4n) is 2.96. The summed E-state index contributed by atoms with van der Waals surface area (Å²) in [5.41, 5.74) is 1.81. The fourth-order valence-corrected chi connectivity index (χ4v) is 4.71. The van der Waals surface area contributed by atoms with Gasteiger partial charge in [-0.15, -0.1) is 0 Å². The minimum Gasteiger partial charge on any atom is -0.317 e. The van der Waals surface area contributed by atoms with E-state index in [-0.39, 0.29) is 5.75 Å². The number of rotatable bonds is 6. The Morgan fingerprint density at radius 2 is 1.90 bits per heavy atom. The molecule has 1 aromatic carbocycles. The third-order valence-electron chi connectivity index (χ3n) is 4.25. The summed E-state index contributed by atoms with van der Waals surface area (Å²) < 4.78 is 26.9. The first kappa shape index (κ1) is 16.3. The van der Waals surface area contributed by atoms with E-state index < -0.39 is 10.0 Å². The van der Waals surface area contributed by atoms with Crippen molar-refractivity contribution in [3.63, 3.8) is 0 Å². The molecule has 0 spiro atoms. The summed E-state index contributed by atoms with van der Waals surface area (Å²) in [4.78, 5) is 0. The topological polar surface area (TPSA) is 49.4 Å². The minimum atomic E-state index is -3.23. The summed E-state index contributed by atoms with van der Waals surface area (Å²) in [6, 6.07) is 7.68. The van der Waals surface area contributed by atoms with Crippen LogP contribution in [-0.2, 0) is 10.0 Å². The van der Waals surface area contributed by atoms with E-state index in [0.717, 1.165) is 43.6 Å². The van der Waals surface area contributed by atoms with Crippen molar-refractivity contribution in [2.24, 2.45) is 5.92 Å².